The lowest BCUT2D eigenvalue weighted by molar-refractivity contribution is 0.0681. The van der Waals surface area contributed by atoms with Gasteiger partial charge in [0.25, 0.3) is 0 Å². The van der Waals surface area contributed by atoms with Gasteiger partial charge in [-0.2, -0.15) is 0 Å². The van der Waals surface area contributed by atoms with Gasteiger partial charge in [-0.05, 0) is 18.2 Å². The number of carboxylic acids is 2. The molecule has 1 rings (SSSR count). The Kier molecular flexibility index (Phi) is 4.06. The predicted molar refractivity (Wildman–Crippen MR) is 62.7 cm³/mol. The molecule has 0 unspecified atom stereocenters. The van der Waals surface area contributed by atoms with Crippen molar-refractivity contribution in [3.8, 4) is 0 Å². The summed E-state index contributed by atoms with van der Waals surface area (Å²) in [7, 11) is 1.67. The number of anilines is 1. The van der Waals surface area contributed by atoms with Gasteiger partial charge in [0.05, 0.1) is 16.8 Å². The summed E-state index contributed by atoms with van der Waals surface area (Å²) in [6.07, 6.45) is 0. The maximum absolute atomic E-state index is 11.0. The molecule has 4 N–H and O–H groups in total. The molecule has 0 saturated heterocycles. The summed E-state index contributed by atoms with van der Waals surface area (Å²) in [6.45, 7) is 0.802. The van der Waals surface area contributed by atoms with Gasteiger partial charge in [0.1, 0.15) is 0 Å². The van der Waals surface area contributed by atoms with Crippen LogP contribution in [0, 0.1) is 0 Å². The van der Waals surface area contributed by atoms with E-state index in [1.54, 1.807) is 11.9 Å². The fourth-order valence-electron chi connectivity index (χ4n) is 1.48. The van der Waals surface area contributed by atoms with Crippen molar-refractivity contribution >= 4 is 17.6 Å². The Balaban J connectivity index is 3.24. The molecule has 0 radical (unpaired) electrons. The summed E-state index contributed by atoms with van der Waals surface area (Å²) in [4.78, 5) is 23.5. The zero-order valence-corrected chi connectivity index (χ0v) is 9.38. The van der Waals surface area contributed by atoms with Crippen LogP contribution in [-0.4, -0.2) is 42.3 Å². The maximum atomic E-state index is 11.0. The van der Waals surface area contributed by atoms with Gasteiger partial charge in [-0.1, -0.05) is 0 Å². The molecule has 0 atom stereocenters. The largest absolute Gasteiger partial charge is 0.478 e. The van der Waals surface area contributed by atoms with Gasteiger partial charge in [0.15, 0.2) is 0 Å². The Hall–Kier alpha value is -2.08. The third-order valence-corrected chi connectivity index (χ3v) is 2.35. The zero-order valence-electron chi connectivity index (χ0n) is 9.38. The van der Waals surface area contributed by atoms with Gasteiger partial charge in [-0.15, -0.1) is 0 Å². The van der Waals surface area contributed by atoms with E-state index in [4.69, 9.17) is 15.9 Å². The molecule has 0 saturated carbocycles. The Labute approximate surface area is 98.3 Å². The Morgan fingerprint density at radius 3 is 2.41 bits per heavy atom. The number of nitrogens with two attached hydrogens (primary N) is 1. The first-order valence-electron chi connectivity index (χ1n) is 4.99. The molecule has 6 nitrogen and oxygen atoms in total. The van der Waals surface area contributed by atoms with Crippen molar-refractivity contribution in [3.63, 3.8) is 0 Å². The number of hydrogen-bond acceptors (Lipinski definition) is 4. The van der Waals surface area contributed by atoms with E-state index in [0.717, 1.165) is 0 Å². The van der Waals surface area contributed by atoms with E-state index >= 15 is 0 Å². The van der Waals surface area contributed by atoms with Gasteiger partial charge in [-0.25, -0.2) is 9.59 Å². The summed E-state index contributed by atoms with van der Waals surface area (Å²) in [5.74, 6) is -2.19. The van der Waals surface area contributed by atoms with Crippen LogP contribution in [0.15, 0.2) is 18.2 Å². The van der Waals surface area contributed by atoms with Crippen LogP contribution >= 0.6 is 0 Å². The molecule has 1 aromatic carbocycles. The second-order valence-electron chi connectivity index (χ2n) is 3.55. The average molecular weight is 238 g/mol. The van der Waals surface area contributed by atoms with Crippen LogP contribution in [-0.2, 0) is 0 Å². The van der Waals surface area contributed by atoms with Gasteiger partial charge >= 0.3 is 11.9 Å². The highest BCUT2D eigenvalue weighted by molar-refractivity contribution is 5.97. The number of nitrogens with zero attached hydrogens (tertiary/aromatic N) is 1. The number of carboxylic acid groups (broad SMARTS) is 2. The molecule has 0 aromatic heterocycles. The lowest BCUT2D eigenvalue weighted by atomic mass is 10.1. The highest BCUT2D eigenvalue weighted by Gasteiger charge is 2.15. The molecule has 1 aromatic rings. The molecule has 0 aliphatic carbocycles. The van der Waals surface area contributed by atoms with Crippen LogP contribution in [0.4, 0.5) is 5.69 Å². The highest BCUT2D eigenvalue weighted by Crippen LogP contribution is 2.21. The minimum atomic E-state index is -1.10. The van der Waals surface area contributed by atoms with Crippen molar-refractivity contribution in [1.82, 2.24) is 0 Å². The molecule has 92 valence electrons. The zero-order chi connectivity index (χ0) is 13.0. The second kappa shape index (κ2) is 5.31. The smallest absolute Gasteiger partial charge is 0.337 e. The fraction of sp³-hybridized carbons (Fsp3) is 0.273. The lowest BCUT2D eigenvalue weighted by Crippen LogP contribution is -2.26. The Bertz CT molecular complexity index is 445. The Morgan fingerprint density at radius 2 is 1.94 bits per heavy atom. The summed E-state index contributed by atoms with van der Waals surface area (Å²) in [5, 5.41) is 17.9. The van der Waals surface area contributed by atoms with E-state index in [0.29, 0.717) is 18.8 Å². The molecular formula is C11H14N2O4. The van der Waals surface area contributed by atoms with Gasteiger partial charge in [0, 0.05) is 20.1 Å². The molecular weight excluding hydrogens is 224 g/mol. The molecule has 0 aliphatic rings. The van der Waals surface area contributed by atoms with E-state index < -0.39 is 11.9 Å². The number of hydrogen-bond donors (Lipinski definition) is 3. The SMILES string of the molecule is CN(CCN)c1cc(C(=O)O)ccc1C(=O)O. The highest BCUT2D eigenvalue weighted by atomic mass is 16.4. The summed E-state index contributed by atoms with van der Waals surface area (Å²) in [6, 6.07) is 3.89. The summed E-state index contributed by atoms with van der Waals surface area (Å²) < 4.78 is 0. The van der Waals surface area contributed by atoms with Crippen LogP contribution < -0.4 is 10.6 Å². The van der Waals surface area contributed by atoms with Crippen LogP contribution in [0.5, 0.6) is 0 Å². The first-order chi connectivity index (χ1) is 7.97. The number of aromatic carboxylic acids is 2. The van der Waals surface area contributed by atoms with Crippen molar-refractivity contribution < 1.29 is 19.8 Å². The van der Waals surface area contributed by atoms with Crippen molar-refractivity contribution in [2.75, 3.05) is 25.0 Å². The number of rotatable bonds is 5. The van der Waals surface area contributed by atoms with Crippen molar-refractivity contribution in [1.29, 1.82) is 0 Å². The molecule has 0 aliphatic heterocycles. The monoisotopic (exact) mass is 238 g/mol. The third kappa shape index (κ3) is 2.94. The predicted octanol–water partition coefficient (Wildman–Crippen LogP) is 0.478. The standard InChI is InChI=1S/C11H14N2O4/c1-13(5-4-12)9-6-7(10(14)15)2-3-8(9)11(16)17/h2-3,6H,4-5,12H2,1H3,(H,14,15)(H,16,17). The van der Waals surface area contributed by atoms with Crippen molar-refractivity contribution in [3.05, 3.63) is 29.3 Å². The van der Waals surface area contributed by atoms with Crippen LogP contribution in [0.2, 0.25) is 0 Å². The van der Waals surface area contributed by atoms with E-state index in [1.165, 1.54) is 18.2 Å². The number of carbonyl (C=O) groups is 2. The van der Waals surface area contributed by atoms with E-state index in [-0.39, 0.29) is 11.1 Å². The summed E-state index contributed by atoms with van der Waals surface area (Å²) in [5.41, 5.74) is 5.85. The third-order valence-electron chi connectivity index (χ3n) is 2.35. The van der Waals surface area contributed by atoms with Crippen LogP contribution in [0.1, 0.15) is 20.7 Å². The topological polar surface area (TPSA) is 104 Å². The molecule has 0 spiro atoms. The fourth-order valence-corrected chi connectivity index (χ4v) is 1.48. The first kappa shape index (κ1) is 13.0. The Morgan fingerprint density at radius 1 is 1.29 bits per heavy atom. The first-order valence-corrected chi connectivity index (χ1v) is 4.99. The minimum Gasteiger partial charge on any atom is -0.478 e. The molecule has 6 heteroatoms. The number of benzene rings is 1. The maximum Gasteiger partial charge on any atom is 0.337 e. The lowest BCUT2D eigenvalue weighted by Gasteiger charge is -2.20. The van der Waals surface area contributed by atoms with E-state index in [1.807, 2.05) is 0 Å². The molecule has 17 heavy (non-hydrogen) atoms. The quantitative estimate of drug-likeness (QED) is 0.689. The van der Waals surface area contributed by atoms with Crippen LogP contribution in [0.3, 0.4) is 0 Å². The second-order valence-corrected chi connectivity index (χ2v) is 3.55. The van der Waals surface area contributed by atoms with Gasteiger partial charge < -0.3 is 20.8 Å². The summed E-state index contributed by atoms with van der Waals surface area (Å²) >= 11 is 0. The molecule has 0 heterocycles. The number of likely N-dealkylation sites (N-methyl/N-ethyl adjacent to an activating group) is 1. The van der Waals surface area contributed by atoms with Crippen molar-refractivity contribution in [2.45, 2.75) is 0 Å². The van der Waals surface area contributed by atoms with Crippen LogP contribution in [0.25, 0.3) is 0 Å². The van der Waals surface area contributed by atoms with Crippen molar-refractivity contribution in [2.24, 2.45) is 5.73 Å². The van der Waals surface area contributed by atoms with E-state index in [2.05, 4.69) is 0 Å². The minimum absolute atomic E-state index is 0.0499. The van der Waals surface area contributed by atoms with Gasteiger partial charge in [0.2, 0.25) is 0 Å². The molecule has 0 fully saturated rings. The average Bonchev–Trinajstić information content (AvgIpc) is 2.28. The van der Waals surface area contributed by atoms with E-state index in [9.17, 15) is 9.59 Å². The molecule has 0 bridgehead atoms. The van der Waals surface area contributed by atoms with Gasteiger partial charge in [-0.3, -0.25) is 0 Å². The molecule has 0 amide bonds. The normalized spacial score (nSPS) is 10.0.